The van der Waals surface area contributed by atoms with Crippen molar-refractivity contribution in [2.75, 3.05) is 26.2 Å². The van der Waals surface area contributed by atoms with Crippen molar-refractivity contribution in [1.82, 2.24) is 10.2 Å². The van der Waals surface area contributed by atoms with E-state index in [2.05, 4.69) is 64.8 Å². The summed E-state index contributed by atoms with van der Waals surface area (Å²) in [6.45, 7) is 5.13. The van der Waals surface area contributed by atoms with Gasteiger partial charge < -0.3 is 16.0 Å². The SMILES string of the molecule is NC(=O)C(c1ccccc1)(c1ccccc1)[C@H]1CCN(CCCCCCCCCNCc2ccccc2)C1. The molecule has 0 spiro atoms. The molecule has 1 atom stereocenters. The first kappa shape index (κ1) is 28.1. The number of nitrogens with two attached hydrogens (primary N) is 1. The number of benzene rings is 3. The van der Waals surface area contributed by atoms with Crippen LogP contribution in [-0.2, 0) is 16.8 Å². The number of unbranched alkanes of at least 4 members (excludes halogenated alkanes) is 6. The van der Waals surface area contributed by atoms with E-state index in [1.807, 2.05) is 36.4 Å². The number of nitrogens with one attached hydrogen (secondary N) is 1. The van der Waals surface area contributed by atoms with Gasteiger partial charge in [0.2, 0.25) is 5.91 Å². The molecule has 0 bridgehead atoms. The van der Waals surface area contributed by atoms with Crippen LogP contribution in [0.4, 0.5) is 0 Å². The number of carbonyl (C=O) groups excluding carboxylic acids is 1. The average molecular weight is 512 g/mol. The first-order valence-electron chi connectivity index (χ1n) is 14.6. The number of hydrogen-bond acceptors (Lipinski definition) is 3. The molecule has 3 aromatic rings. The van der Waals surface area contributed by atoms with Gasteiger partial charge in [-0.3, -0.25) is 4.79 Å². The minimum atomic E-state index is -0.785. The van der Waals surface area contributed by atoms with Crippen LogP contribution in [0.3, 0.4) is 0 Å². The lowest BCUT2D eigenvalue weighted by atomic mass is 9.64. The maximum Gasteiger partial charge on any atom is 0.232 e. The molecule has 202 valence electrons. The number of amides is 1. The Morgan fingerprint density at radius 1 is 0.763 bits per heavy atom. The van der Waals surface area contributed by atoms with Gasteiger partial charge >= 0.3 is 0 Å². The Kier molecular flexibility index (Phi) is 11.0. The standard InChI is InChI=1S/C34H45N3O/c35-33(38)34(30-19-11-7-12-20-30,31-21-13-8-14-22-31)32-23-26-37(28-32)25-16-5-3-1-2-4-15-24-36-27-29-17-9-6-10-18-29/h6-14,17-22,32,36H,1-5,15-16,23-28H2,(H2,35,38)/t32-/m0/s1. The maximum absolute atomic E-state index is 13.2. The number of hydrogen-bond donors (Lipinski definition) is 2. The minimum absolute atomic E-state index is 0.181. The van der Waals surface area contributed by atoms with Crippen LogP contribution in [0.15, 0.2) is 91.0 Å². The van der Waals surface area contributed by atoms with Crippen LogP contribution in [-0.4, -0.2) is 37.0 Å². The molecule has 1 saturated heterocycles. The molecule has 1 aliphatic rings. The summed E-state index contributed by atoms with van der Waals surface area (Å²) in [6, 6.07) is 31.0. The van der Waals surface area contributed by atoms with Gasteiger partial charge in [0.25, 0.3) is 0 Å². The Labute approximate surface area is 229 Å². The summed E-state index contributed by atoms with van der Waals surface area (Å²) in [5.41, 5.74) is 8.84. The summed E-state index contributed by atoms with van der Waals surface area (Å²) in [6.07, 6.45) is 10.0. The predicted molar refractivity (Wildman–Crippen MR) is 158 cm³/mol. The molecular weight excluding hydrogens is 466 g/mol. The van der Waals surface area contributed by atoms with Crippen LogP contribution in [0.25, 0.3) is 0 Å². The third kappa shape index (κ3) is 7.33. The van der Waals surface area contributed by atoms with E-state index in [0.29, 0.717) is 0 Å². The molecule has 0 aliphatic carbocycles. The summed E-state index contributed by atoms with van der Waals surface area (Å²) in [5, 5.41) is 3.55. The zero-order chi connectivity index (χ0) is 26.5. The van der Waals surface area contributed by atoms with Crippen LogP contribution in [0, 0.1) is 5.92 Å². The maximum atomic E-state index is 13.2. The van der Waals surface area contributed by atoms with Gasteiger partial charge in [-0.2, -0.15) is 0 Å². The summed E-state index contributed by atoms with van der Waals surface area (Å²) in [7, 11) is 0. The average Bonchev–Trinajstić information content (AvgIpc) is 3.42. The second-order valence-electron chi connectivity index (χ2n) is 10.8. The van der Waals surface area contributed by atoms with Gasteiger partial charge in [0.1, 0.15) is 5.41 Å². The summed E-state index contributed by atoms with van der Waals surface area (Å²) >= 11 is 0. The second-order valence-corrected chi connectivity index (χ2v) is 10.8. The first-order valence-corrected chi connectivity index (χ1v) is 14.6. The molecule has 4 nitrogen and oxygen atoms in total. The Balaban J connectivity index is 1.17. The number of likely N-dealkylation sites (tertiary alicyclic amines) is 1. The third-order valence-electron chi connectivity index (χ3n) is 8.23. The van der Waals surface area contributed by atoms with E-state index in [1.165, 1.54) is 50.5 Å². The molecule has 0 aromatic heterocycles. The van der Waals surface area contributed by atoms with Gasteiger partial charge in [0.05, 0.1) is 0 Å². The fourth-order valence-electron chi connectivity index (χ4n) is 6.21. The topological polar surface area (TPSA) is 58.4 Å². The van der Waals surface area contributed by atoms with Gasteiger partial charge in [0, 0.05) is 13.1 Å². The van der Waals surface area contributed by atoms with Crippen molar-refractivity contribution in [1.29, 1.82) is 0 Å². The summed E-state index contributed by atoms with van der Waals surface area (Å²) < 4.78 is 0. The number of primary amides is 1. The summed E-state index contributed by atoms with van der Waals surface area (Å²) in [4.78, 5) is 15.8. The van der Waals surface area contributed by atoms with E-state index in [4.69, 9.17) is 5.73 Å². The molecule has 0 unspecified atom stereocenters. The van der Waals surface area contributed by atoms with Crippen LogP contribution in [0.1, 0.15) is 68.1 Å². The van der Waals surface area contributed by atoms with Crippen molar-refractivity contribution in [3.8, 4) is 0 Å². The molecule has 3 aromatic carbocycles. The molecule has 4 rings (SSSR count). The van der Waals surface area contributed by atoms with Crippen LogP contribution >= 0.6 is 0 Å². The number of rotatable bonds is 16. The van der Waals surface area contributed by atoms with Crippen molar-refractivity contribution >= 4 is 5.91 Å². The van der Waals surface area contributed by atoms with Crippen molar-refractivity contribution in [2.24, 2.45) is 11.7 Å². The van der Waals surface area contributed by atoms with Gasteiger partial charge in [-0.25, -0.2) is 0 Å². The zero-order valence-corrected chi connectivity index (χ0v) is 22.9. The predicted octanol–water partition coefficient (Wildman–Crippen LogP) is 6.30. The minimum Gasteiger partial charge on any atom is -0.369 e. The lowest BCUT2D eigenvalue weighted by Crippen LogP contribution is -2.49. The molecular formula is C34H45N3O. The Morgan fingerprint density at radius 2 is 1.29 bits per heavy atom. The van der Waals surface area contributed by atoms with E-state index in [-0.39, 0.29) is 11.8 Å². The van der Waals surface area contributed by atoms with E-state index in [1.54, 1.807) is 0 Å². The Bertz CT molecular complexity index is 1030. The zero-order valence-electron chi connectivity index (χ0n) is 22.9. The fourth-order valence-corrected chi connectivity index (χ4v) is 6.21. The first-order chi connectivity index (χ1) is 18.7. The van der Waals surface area contributed by atoms with E-state index in [0.717, 1.165) is 50.3 Å². The van der Waals surface area contributed by atoms with Gasteiger partial charge in [-0.15, -0.1) is 0 Å². The number of nitrogens with zero attached hydrogens (tertiary/aromatic N) is 1. The molecule has 0 saturated carbocycles. The van der Waals surface area contributed by atoms with Gasteiger partial charge in [0.15, 0.2) is 0 Å². The van der Waals surface area contributed by atoms with Crippen molar-refractivity contribution in [3.63, 3.8) is 0 Å². The van der Waals surface area contributed by atoms with Crippen molar-refractivity contribution in [2.45, 2.75) is 63.3 Å². The van der Waals surface area contributed by atoms with Crippen LogP contribution < -0.4 is 11.1 Å². The molecule has 38 heavy (non-hydrogen) atoms. The Hall–Kier alpha value is -2.95. The smallest absolute Gasteiger partial charge is 0.232 e. The second kappa shape index (κ2) is 14.8. The van der Waals surface area contributed by atoms with E-state index >= 15 is 0 Å². The van der Waals surface area contributed by atoms with Crippen molar-refractivity contribution < 1.29 is 4.79 Å². The number of carbonyl (C=O) groups is 1. The molecule has 1 heterocycles. The molecule has 0 radical (unpaired) electrons. The third-order valence-corrected chi connectivity index (χ3v) is 8.23. The van der Waals surface area contributed by atoms with Crippen LogP contribution in [0.2, 0.25) is 0 Å². The molecule has 1 amide bonds. The highest BCUT2D eigenvalue weighted by molar-refractivity contribution is 5.91. The highest BCUT2D eigenvalue weighted by atomic mass is 16.1. The Morgan fingerprint density at radius 3 is 1.87 bits per heavy atom. The highest BCUT2D eigenvalue weighted by Gasteiger charge is 2.49. The molecule has 3 N–H and O–H groups in total. The van der Waals surface area contributed by atoms with Crippen molar-refractivity contribution in [3.05, 3.63) is 108 Å². The lowest BCUT2D eigenvalue weighted by molar-refractivity contribution is -0.123. The lowest BCUT2D eigenvalue weighted by Gasteiger charge is -2.37. The molecule has 1 aliphatic heterocycles. The monoisotopic (exact) mass is 511 g/mol. The normalized spacial score (nSPS) is 16.1. The quantitative estimate of drug-likeness (QED) is 0.222. The summed E-state index contributed by atoms with van der Waals surface area (Å²) in [5.74, 6) is -0.0580. The van der Waals surface area contributed by atoms with Crippen LogP contribution in [0.5, 0.6) is 0 Å². The molecule has 4 heteroatoms. The highest BCUT2D eigenvalue weighted by Crippen LogP contribution is 2.43. The van der Waals surface area contributed by atoms with Gasteiger partial charge in [-0.05, 0) is 61.5 Å². The largest absolute Gasteiger partial charge is 0.369 e. The fraction of sp³-hybridized carbons (Fsp3) is 0.441. The molecule has 1 fully saturated rings. The van der Waals surface area contributed by atoms with Gasteiger partial charge in [-0.1, -0.05) is 123 Å². The van der Waals surface area contributed by atoms with E-state index < -0.39 is 5.41 Å². The van der Waals surface area contributed by atoms with E-state index in [9.17, 15) is 4.79 Å².